The summed E-state index contributed by atoms with van der Waals surface area (Å²) in [6.45, 7) is 0.224. The number of esters is 2. The molecule has 0 spiro atoms. The molecule has 0 bridgehead atoms. The highest BCUT2D eigenvalue weighted by Gasteiger charge is 2.62. The van der Waals surface area contributed by atoms with Gasteiger partial charge in [0.1, 0.15) is 6.61 Å². The molecular weight excluding hydrogens is 446 g/mol. The maximum absolute atomic E-state index is 12.5. The Labute approximate surface area is 195 Å². The fraction of sp³-hybridized carbons (Fsp3) is 0.500. The van der Waals surface area contributed by atoms with Crippen molar-refractivity contribution in [2.75, 3.05) is 13.7 Å². The summed E-state index contributed by atoms with van der Waals surface area (Å²) in [5.74, 6) is -0.113. The Kier molecular flexibility index (Phi) is 4.87. The Hall–Kier alpha value is -3.08. The lowest BCUT2D eigenvalue weighted by Gasteiger charge is -2.38. The second-order valence-electron chi connectivity index (χ2n) is 9.25. The van der Waals surface area contributed by atoms with Crippen LogP contribution in [0.1, 0.15) is 44.1 Å². The average Bonchev–Trinajstić information content (AvgIpc) is 3.76. The molecule has 1 aromatic carbocycles. The van der Waals surface area contributed by atoms with Crippen molar-refractivity contribution in [1.29, 1.82) is 0 Å². The third-order valence-corrected chi connectivity index (χ3v) is 7.00. The van der Waals surface area contributed by atoms with E-state index in [2.05, 4.69) is 0 Å². The Morgan fingerprint density at radius 2 is 2.03 bits per heavy atom. The van der Waals surface area contributed by atoms with Gasteiger partial charge in [-0.3, -0.25) is 0 Å². The normalized spacial score (nSPS) is 25.8. The summed E-state index contributed by atoms with van der Waals surface area (Å²) in [6.07, 6.45) is 3.07. The van der Waals surface area contributed by atoms with E-state index in [4.69, 9.17) is 23.8 Å². The summed E-state index contributed by atoms with van der Waals surface area (Å²) in [5.41, 5.74) is 1.93. The molecule has 2 atom stereocenters. The Bertz CT molecular complexity index is 1130. The number of aliphatic hydroxyl groups excluding tert-OH is 2. The highest BCUT2D eigenvalue weighted by atomic mass is 16.8. The van der Waals surface area contributed by atoms with E-state index in [1.165, 1.54) is 7.11 Å². The van der Waals surface area contributed by atoms with Crippen LogP contribution in [0.25, 0.3) is 5.57 Å². The lowest BCUT2D eigenvalue weighted by atomic mass is 9.89. The zero-order valence-electron chi connectivity index (χ0n) is 18.6. The molecule has 34 heavy (non-hydrogen) atoms. The summed E-state index contributed by atoms with van der Waals surface area (Å²) >= 11 is 0. The van der Waals surface area contributed by atoms with Crippen molar-refractivity contribution in [3.63, 3.8) is 0 Å². The topological polar surface area (TPSA) is 124 Å². The summed E-state index contributed by atoms with van der Waals surface area (Å²) in [7, 11) is 1.29. The first-order valence-electron chi connectivity index (χ1n) is 11.4. The number of allylic oxidation sites excluding steroid dienone is 1. The smallest absolute Gasteiger partial charge is 0.334 e. The van der Waals surface area contributed by atoms with Gasteiger partial charge in [0, 0.05) is 22.6 Å². The number of hydroxylamine groups is 2. The molecule has 0 saturated heterocycles. The standard InChI is InChI=1S/C24H25NO9/c1-30-22(28)24(8-9-24)25-23(29)33-19-17(32-20(26)12-2-3-12)7-6-15(18(19)34-25)13-4-5-16-14(10-13)11-31-21(16)27/h6-7,10,12,20,23,26,29H,2-5,8-9,11H2,1H3. The average molecular weight is 471 g/mol. The second-order valence-corrected chi connectivity index (χ2v) is 9.25. The second kappa shape index (κ2) is 7.72. The summed E-state index contributed by atoms with van der Waals surface area (Å²) in [5, 5.41) is 22.2. The van der Waals surface area contributed by atoms with E-state index in [-0.39, 0.29) is 35.7 Å². The minimum absolute atomic E-state index is 0.0571. The predicted octanol–water partition coefficient (Wildman–Crippen LogP) is 1.79. The quantitative estimate of drug-likeness (QED) is 0.469. The highest BCUT2D eigenvalue weighted by molar-refractivity contribution is 5.95. The number of benzene rings is 1. The van der Waals surface area contributed by atoms with Gasteiger partial charge in [-0.05, 0) is 56.2 Å². The summed E-state index contributed by atoms with van der Waals surface area (Å²) < 4.78 is 21.7. The number of rotatable bonds is 6. The number of nitrogens with zero attached hydrogens (tertiary/aromatic N) is 1. The number of cyclic esters (lactones) is 1. The molecule has 0 aromatic heterocycles. The first kappa shape index (κ1) is 21.5. The van der Waals surface area contributed by atoms with E-state index >= 15 is 0 Å². The van der Waals surface area contributed by atoms with Crippen molar-refractivity contribution < 1.29 is 43.6 Å². The van der Waals surface area contributed by atoms with E-state index in [9.17, 15) is 19.8 Å². The molecule has 2 heterocycles. The molecule has 0 radical (unpaired) electrons. The van der Waals surface area contributed by atoms with Crippen molar-refractivity contribution >= 4 is 17.5 Å². The van der Waals surface area contributed by atoms with Gasteiger partial charge in [0.2, 0.25) is 11.5 Å². The van der Waals surface area contributed by atoms with E-state index in [0.29, 0.717) is 36.8 Å². The van der Waals surface area contributed by atoms with Crippen LogP contribution in [0.2, 0.25) is 0 Å². The molecule has 2 unspecified atom stereocenters. The van der Waals surface area contributed by atoms with E-state index in [1.807, 2.05) is 6.08 Å². The zero-order chi connectivity index (χ0) is 23.6. The molecule has 10 nitrogen and oxygen atoms in total. The van der Waals surface area contributed by atoms with E-state index < -0.39 is 24.2 Å². The SMILES string of the molecule is COC(=O)C1(N2Oc3c(C4=CC5=C(CC4)C(=O)OC5)ccc(OC(O)C4CC4)c3OC2O)CC1. The van der Waals surface area contributed by atoms with Gasteiger partial charge < -0.3 is 34.0 Å². The molecular formula is C24H25NO9. The molecule has 180 valence electrons. The van der Waals surface area contributed by atoms with Crippen molar-refractivity contribution in [2.24, 2.45) is 5.92 Å². The van der Waals surface area contributed by atoms with Crippen LogP contribution in [-0.2, 0) is 19.1 Å². The van der Waals surface area contributed by atoms with Crippen LogP contribution in [0.15, 0.2) is 29.4 Å². The van der Waals surface area contributed by atoms with Gasteiger partial charge in [0.05, 0.1) is 7.11 Å². The molecule has 6 rings (SSSR count). The number of fused-ring (bicyclic) bond motifs is 1. The molecule has 3 aliphatic carbocycles. The maximum atomic E-state index is 12.5. The van der Waals surface area contributed by atoms with Gasteiger partial charge in [-0.2, -0.15) is 0 Å². The van der Waals surface area contributed by atoms with Gasteiger partial charge in [0.15, 0.2) is 17.6 Å². The van der Waals surface area contributed by atoms with Gasteiger partial charge in [0.25, 0.3) is 6.41 Å². The summed E-state index contributed by atoms with van der Waals surface area (Å²) in [4.78, 5) is 30.5. The number of hydrogen-bond acceptors (Lipinski definition) is 10. The minimum Gasteiger partial charge on any atom is -0.468 e. The first-order valence-corrected chi connectivity index (χ1v) is 11.4. The number of hydrogen-bond donors (Lipinski definition) is 2. The highest BCUT2D eigenvalue weighted by Crippen LogP contribution is 2.53. The number of carbonyl (C=O) groups excluding carboxylic acids is 2. The van der Waals surface area contributed by atoms with Crippen LogP contribution >= 0.6 is 0 Å². The largest absolute Gasteiger partial charge is 0.468 e. The van der Waals surface area contributed by atoms with Crippen molar-refractivity contribution in [3.05, 3.63) is 34.9 Å². The Morgan fingerprint density at radius 3 is 2.74 bits per heavy atom. The van der Waals surface area contributed by atoms with Crippen LogP contribution < -0.4 is 14.3 Å². The van der Waals surface area contributed by atoms with Crippen molar-refractivity contribution in [3.8, 4) is 17.2 Å². The van der Waals surface area contributed by atoms with Gasteiger partial charge >= 0.3 is 11.9 Å². The lowest BCUT2D eigenvalue weighted by molar-refractivity contribution is -0.291. The first-order chi connectivity index (χ1) is 16.4. The van der Waals surface area contributed by atoms with Crippen molar-refractivity contribution in [2.45, 2.75) is 56.8 Å². The number of aliphatic hydroxyl groups is 2. The molecule has 2 N–H and O–H groups in total. The van der Waals surface area contributed by atoms with E-state index in [0.717, 1.165) is 29.1 Å². The molecule has 2 fully saturated rings. The Balaban J connectivity index is 1.41. The molecule has 0 amide bonds. The van der Waals surface area contributed by atoms with Crippen LogP contribution in [-0.4, -0.2) is 59.2 Å². The number of methoxy groups -OCH3 is 1. The fourth-order valence-electron chi connectivity index (χ4n) is 4.71. The van der Waals surface area contributed by atoms with E-state index in [1.54, 1.807) is 12.1 Å². The van der Waals surface area contributed by atoms with Crippen LogP contribution in [0, 0.1) is 5.92 Å². The summed E-state index contributed by atoms with van der Waals surface area (Å²) in [6, 6.07) is 3.46. The van der Waals surface area contributed by atoms with Crippen LogP contribution in [0.5, 0.6) is 17.2 Å². The molecule has 10 heteroatoms. The monoisotopic (exact) mass is 471 g/mol. The van der Waals surface area contributed by atoms with Gasteiger partial charge in [-0.25, -0.2) is 9.59 Å². The fourth-order valence-corrected chi connectivity index (χ4v) is 4.71. The lowest BCUT2D eigenvalue weighted by Crippen LogP contribution is -2.55. The molecule has 2 saturated carbocycles. The van der Waals surface area contributed by atoms with Gasteiger partial charge in [-0.15, -0.1) is 0 Å². The van der Waals surface area contributed by atoms with Crippen LogP contribution in [0.4, 0.5) is 0 Å². The number of ether oxygens (including phenoxy) is 4. The Morgan fingerprint density at radius 1 is 1.24 bits per heavy atom. The third-order valence-electron chi connectivity index (χ3n) is 7.00. The zero-order valence-corrected chi connectivity index (χ0v) is 18.6. The van der Waals surface area contributed by atoms with Crippen molar-refractivity contribution in [1.82, 2.24) is 5.06 Å². The number of carbonyl (C=O) groups is 2. The predicted molar refractivity (Wildman–Crippen MR) is 114 cm³/mol. The van der Waals surface area contributed by atoms with Crippen LogP contribution in [0.3, 0.4) is 0 Å². The molecule has 2 aliphatic heterocycles. The minimum atomic E-state index is -1.58. The third kappa shape index (κ3) is 3.36. The maximum Gasteiger partial charge on any atom is 0.334 e. The molecule has 1 aromatic rings. The molecule has 5 aliphatic rings. The van der Waals surface area contributed by atoms with Gasteiger partial charge in [-0.1, -0.05) is 11.1 Å².